The van der Waals surface area contributed by atoms with Crippen LogP contribution in [0.15, 0.2) is 30.6 Å². The normalized spacial score (nSPS) is 14.7. The summed E-state index contributed by atoms with van der Waals surface area (Å²) in [6, 6.07) is 6.09. The Morgan fingerprint density at radius 1 is 1.22 bits per heavy atom. The molecule has 0 unspecified atom stereocenters. The van der Waals surface area contributed by atoms with Crippen molar-refractivity contribution in [3.8, 4) is 5.75 Å². The van der Waals surface area contributed by atoms with Gasteiger partial charge in [-0.3, -0.25) is 4.79 Å². The highest BCUT2D eigenvalue weighted by Crippen LogP contribution is 2.32. The monoisotopic (exact) mass is 439 g/mol. The van der Waals surface area contributed by atoms with Crippen molar-refractivity contribution < 1.29 is 13.9 Å². The van der Waals surface area contributed by atoms with Crippen LogP contribution in [0.4, 0.5) is 15.9 Å². The average Bonchev–Trinajstić information content (AvgIpc) is 3.12. The van der Waals surface area contributed by atoms with E-state index in [1.165, 1.54) is 50.6 Å². The Morgan fingerprint density at radius 2 is 2.00 bits per heavy atom. The maximum Gasteiger partial charge on any atom is 0.268 e. The lowest BCUT2D eigenvalue weighted by Crippen LogP contribution is -2.31. The topological polar surface area (TPSA) is 81.1 Å². The largest absolute Gasteiger partial charge is 0.489 e. The number of halogens is 1. The van der Waals surface area contributed by atoms with Crippen molar-refractivity contribution in [1.82, 2.24) is 19.9 Å². The molecule has 32 heavy (non-hydrogen) atoms. The van der Waals surface area contributed by atoms with E-state index in [1.54, 1.807) is 16.7 Å². The van der Waals surface area contributed by atoms with Crippen LogP contribution in [0.5, 0.6) is 5.75 Å². The Balaban J connectivity index is 1.59. The maximum absolute atomic E-state index is 13.8. The molecule has 4 rings (SSSR count). The van der Waals surface area contributed by atoms with E-state index in [0.29, 0.717) is 46.4 Å². The third-order valence-corrected chi connectivity index (χ3v) is 5.89. The van der Waals surface area contributed by atoms with Crippen molar-refractivity contribution in [3.63, 3.8) is 0 Å². The molecule has 3 aromatic rings. The van der Waals surface area contributed by atoms with Crippen molar-refractivity contribution in [2.24, 2.45) is 13.0 Å². The smallest absolute Gasteiger partial charge is 0.268 e. The molecule has 0 radical (unpaired) electrons. The molecule has 0 atom stereocenters. The first-order chi connectivity index (χ1) is 15.4. The molecule has 1 aromatic carbocycles. The summed E-state index contributed by atoms with van der Waals surface area (Å²) in [5.74, 6) is 0.968. The van der Waals surface area contributed by atoms with E-state index in [-0.39, 0.29) is 17.8 Å². The number of rotatable bonds is 7. The summed E-state index contributed by atoms with van der Waals surface area (Å²) >= 11 is 0. The van der Waals surface area contributed by atoms with Gasteiger partial charge in [0.05, 0.1) is 17.3 Å². The number of carbonyl (C=O) groups is 1. The van der Waals surface area contributed by atoms with Gasteiger partial charge in [0.1, 0.15) is 29.1 Å². The number of aromatic nitrogens is 3. The summed E-state index contributed by atoms with van der Waals surface area (Å²) in [5.41, 5.74) is 2.46. The zero-order chi connectivity index (χ0) is 22.7. The molecule has 1 aliphatic carbocycles. The predicted octanol–water partition coefficient (Wildman–Crippen LogP) is 4.95. The second-order valence-electron chi connectivity index (χ2n) is 8.69. The van der Waals surface area contributed by atoms with Crippen molar-refractivity contribution in [3.05, 3.63) is 42.1 Å². The van der Waals surface area contributed by atoms with Crippen LogP contribution in [0.1, 0.15) is 56.4 Å². The predicted molar refractivity (Wildman–Crippen MR) is 123 cm³/mol. The first-order valence-electron chi connectivity index (χ1n) is 11.2. The van der Waals surface area contributed by atoms with E-state index in [9.17, 15) is 9.18 Å². The van der Waals surface area contributed by atoms with Crippen molar-refractivity contribution in [2.75, 3.05) is 11.9 Å². The molecule has 1 saturated carbocycles. The van der Waals surface area contributed by atoms with Gasteiger partial charge in [0, 0.05) is 19.7 Å². The Labute approximate surface area is 187 Å². The fourth-order valence-electron chi connectivity index (χ4n) is 4.28. The lowest BCUT2D eigenvalue weighted by Gasteiger charge is -2.21. The molecule has 1 aliphatic rings. The summed E-state index contributed by atoms with van der Waals surface area (Å²) < 4.78 is 21.3. The van der Waals surface area contributed by atoms with Gasteiger partial charge in [-0.2, -0.15) is 0 Å². The lowest BCUT2D eigenvalue weighted by atomic mass is 9.89. The maximum atomic E-state index is 13.8. The van der Waals surface area contributed by atoms with Crippen LogP contribution in [-0.4, -0.2) is 33.1 Å². The molecule has 170 valence electrons. The molecule has 8 heteroatoms. The summed E-state index contributed by atoms with van der Waals surface area (Å²) in [7, 11) is 1.82. The molecule has 7 nitrogen and oxygen atoms in total. The van der Waals surface area contributed by atoms with E-state index in [2.05, 4.69) is 20.6 Å². The fraction of sp³-hybridized carbons (Fsp3) is 0.458. The van der Waals surface area contributed by atoms with Gasteiger partial charge in [-0.15, -0.1) is 0 Å². The van der Waals surface area contributed by atoms with Crippen LogP contribution in [-0.2, 0) is 7.05 Å². The van der Waals surface area contributed by atoms with Crippen LogP contribution >= 0.6 is 0 Å². The van der Waals surface area contributed by atoms with Crippen molar-refractivity contribution in [1.29, 1.82) is 0 Å². The molecule has 1 amide bonds. The molecule has 0 saturated heterocycles. The van der Waals surface area contributed by atoms with E-state index in [4.69, 9.17) is 4.74 Å². The van der Waals surface area contributed by atoms with E-state index in [0.717, 1.165) is 0 Å². The van der Waals surface area contributed by atoms with Gasteiger partial charge in [-0.1, -0.05) is 19.3 Å². The Hall–Kier alpha value is -3.16. The van der Waals surface area contributed by atoms with Gasteiger partial charge in [-0.25, -0.2) is 14.4 Å². The quantitative estimate of drug-likeness (QED) is 0.545. The highest BCUT2D eigenvalue weighted by molar-refractivity contribution is 6.00. The summed E-state index contributed by atoms with van der Waals surface area (Å²) in [6.07, 6.45) is 7.45. The Bertz CT molecular complexity index is 1110. The number of benzene rings is 1. The van der Waals surface area contributed by atoms with E-state index < -0.39 is 0 Å². The first kappa shape index (κ1) is 22.0. The number of anilines is 2. The molecular formula is C24H30FN5O2. The van der Waals surface area contributed by atoms with Crippen LogP contribution < -0.4 is 15.4 Å². The van der Waals surface area contributed by atoms with Crippen LogP contribution in [0.3, 0.4) is 0 Å². The van der Waals surface area contributed by atoms with Crippen LogP contribution in [0.25, 0.3) is 11.0 Å². The molecule has 1 fully saturated rings. The fourth-order valence-corrected chi connectivity index (χ4v) is 4.28. The standard InChI is InChI=1S/C24H30FN5O2/c1-15(2)32-21-11-17(25)9-10-18(21)29-23-22-19(27-14-28-23)12-20(30(22)3)24(31)26-13-16-7-5-4-6-8-16/h9-12,14-16H,4-8,13H2,1-3H3,(H,26,31)(H,27,28,29). The van der Waals surface area contributed by atoms with Gasteiger partial charge in [0.15, 0.2) is 5.82 Å². The molecule has 2 N–H and O–H groups in total. The molecule has 2 aromatic heterocycles. The molecule has 0 bridgehead atoms. The number of nitrogens with zero attached hydrogens (tertiary/aromatic N) is 3. The van der Waals surface area contributed by atoms with E-state index >= 15 is 0 Å². The second-order valence-corrected chi connectivity index (χ2v) is 8.69. The average molecular weight is 440 g/mol. The number of aryl methyl sites for hydroxylation is 1. The SMILES string of the molecule is CC(C)Oc1cc(F)ccc1Nc1ncnc2cc(C(=O)NCC3CCCCC3)n(C)c12. The van der Waals surface area contributed by atoms with E-state index in [1.807, 2.05) is 20.9 Å². The molecule has 2 heterocycles. The molecule has 0 spiro atoms. The zero-order valence-electron chi connectivity index (χ0n) is 18.8. The van der Waals surface area contributed by atoms with Crippen molar-refractivity contribution in [2.45, 2.75) is 52.1 Å². The number of carbonyl (C=O) groups excluding carboxylic acids is 1. The highest BCUT2D eigenvalue weighted by atomic mass is 19.1. The number of hydrogen-bond donors (Lipinski definition) is 2. The molecule has 0 aliphatic heterocycles. The van der Waals surface area contributed by atoms with Gasteiger partial charge >= 0.3 is 0 Å². The molecular weight excluding hydrogens is 409 g/mol. The number of amides is 1. The van der Waals surface area contributed by atoms with Gasteiger partial charge in [0.2, 0.25) is 0 Å². The third kappa shape index (κ3) is 4.84. The van der Waals surface area contributed by atoms with Crippen LogP contribution in [0.2, 0.25) is 0 Å². The Morgan fingerprint density at radius 3 is 2.75 bits per heavy atom. The first-order valence-corrected chi connectivity index (χ1v) is 11.2. The summed E-state index contributed by atoms with van der Waals surface area (Å²) in [5, 5.41) is 6.32. The minimum atomic E-state index is -0.380. The summed E-state index contributed by atoms with van der Waals surface area (Å²) in [4.78, 5) is 21.6. The third-order valence-electron chi connectivity index (χ3n) is 5.89. The van der Waals surface area contributed by atoms with Gasteiger partial charge < -0.3 is 19.9 Å². The number of fused-ring (bicyclic) bond motifs is 1. The van der Waals surface area contributed by atoms with Gasteiger partial charge in [-0.05, 0) is 50.8 Å². The minimum Gasteiger partial charge on any atom is -0.489 e. The second kappa shape index (κ2) is 9.54. The number of nitrogens with one attached hydrogen (secondary N) is 2. The van der Waals surface area contributed by atoms with Gasteiger partial charge in [0.25, 0.3) is 5.91 Å². The summed E-state index contributed by atoms with van der Waals surface area (Å²) in [6.45, 7) is 4.46. The zero-order valence-corrected chi connectivity index (χ0v) is 18.8. The lowest BCUT2D eigenvalue weighted by molar-refractivity contribution is 0.0936. The van der Waals surface area contributed by atoms with Crippen LogP contribution in [0, 0.1) is 11.7 Å². The minimum absolute atomic E-state index is 0.114. The van der Waals surface area contributed by atoms with Crippen molar-refractivity contribution >= 4 is 28.4 Å². The highest BCUT2D eigenvalue weighted by Gasteiger charge is 2.20. The Kier molecular flexibility index (Phi) is 6.58. The number of hydrogen-bond acceptors (Lipinski definition) is 5. The number of ether oxygens (including phenoxy) is 1.